The third kappa shape index (κ3) is 6.25. The van der Waals surface area contributed by atoms with Crippen LogP contribution in [0, 0.1) is 10.8 Å². The first-order valence-corrected chi connectivity index (χ1v) is 10.1. The van der Waals surface area contributed by atoms with Crippen molar-refractivity contribution in [3.63, 3.8) is 0 Å². The number of nitrogens with zero attached hydrogens (tertiary/aromatic N) is 1. The molecule has 1 aliphatic heterocycles. The number of carbonyl (C=O) groups is 3. The summed E-state index contributed by atoms with van der Waals surface area (Å²) in [4.78, 5) is 35.6. The zero-order chi connectivity index (χ0) is 21.9. The van der Waals surface area contributed by atoms with Gasteiger partial charge in [-0.15, -0.1) is 0 Å². The van der Waals surface area contributed by atoms with Crippen molar-refractivity contribution in [1.29, 1.82) is 0 Å². The molecule has 0 aromatic carbocycles. The standard InChI is InChI=1S/C16H28NO10P/c1-15(2,3)13(20)24-8-26-28(23,10-7-11(18)17(22)12(10)19)27-9-25-14(21)16(4,5)6/h10-11,18,22H,7-9H2,1-6H3. The van der Waals surface area contributed by atoms with E-state index in [-0.39, 0.29) is 5.06 Å². The molecule has 28 heavy (non-hydrogen) atoms. The van der Waals surface area contributed by atoms with Crippen molar-refractivity contribution in [2.75, 3.05) is 13.6 Å². The Kier molecular flexibility index (Phi) is 7.77. The summed E-state index contributed by atoms with van der Waals surface area (Å²) in [5.41, 5.74) is -3.26. The number of aliphatic hydroxyl groups is 1. The van der Waals surface area contributed by atoms with Crippen molar-refractivity contribution in [1.82, 2.24) is 5.06 Å². The quantitative estimate of drug-likeness (QED) is 0.267. The van der Waals surface area contributed by atoms with Gasteiger partial charge < -0.3 is 14.6 Å². The third-order valence-corrected chi connectivity index (χ3v) is 5.80. The summed E-state index contributed by atoms with van der Waals surface area (Å²) in [6.07, 6.45) is -2.06. The molecule has 0 spiro atoms. The van der Waals surface area contributed by atoms with Gasteiger partial charge in [0.05, 0.1) is 10.8 Å². The summed E-state index contributed by atoms with van der Waals surface area (Å²) >= 11 is 0. The zero-order valence-electron chi connectivity index (χ0n) is 16.8. The van der Waals surface area contributed by atoms with Crippen LogP contribution < -0.4 is 0 Å². The molecule has 0 radical (unpaired) electrons. The van der Waals surface area contributed by atoms with Crippen LogP contribution in [0.1, 0.15) is 48.0 Å². The second kappa shape index (κ2) is 8.87. The van der Waals surface area contributed by atoms with Crippen LogP contribution in [0.25, 0.3) is 0 Å². The van der Waals surface area contributed by atoms with E-state index < -0.39 is 68.2 Å². The number of hydrogen-bond donors (Lipinski definition) is 2. The van der Waals surface area contributed by atoms with Crippen LogP contribution in [0.2, 0.25) is 0 Å². The minimum absolute atomic E-state index is 0.00631. The molecule has 2 atom stereocenters. The number of ether oxygens (including phenoxy) is 2. The van der Waals surface area contributed by atoms with Gasteiger partial charge >= 0.3 is 19.5 Å². The summed E-state index contributed by atoms with van der Waals surface area (Å²) in [6.45, 7) is 7.97. The Morgan fingerprint density at radius 3 is 1.71 bits per heavy atom. The largest absolute Gasteiger partial charge is 0.438 e. The second-order valence-corrected chi connectivity index (χ2v) is 10.5. The van der Waals surface area contributed by atoms with Gasteiger partial charge in [-0.1, -0.05) is 0 Å². The van der Waals surface area contributed by atoms with Crippen LogP contribution in [-0.4, -0.2) is 58.7 Å². The number of hydroxylamine groups is 2. The molecule has 1 aliphatic rings. The van der Waals surface area contributed by atoms with Gasteiger partial charge in [-0.05, 0) is 41.5 Å². The number of rotatable bonds is 7. The molecule has 2 N–H and O–H groups in total. The van der Waals surface area contributed by atoms with Crippen LogP contribution in [0.4, 0.5) is 0 Å². The van der Waals surface area contributed by atoms with E-state index in [1.807, 2.05) is 0 Å². The zero-order valence-corrected chi connectivity index (χ0v) is 17.7. The molecule has 1 amide bonds. The lowest BCUT2D eigenvalue weighted by Crippen LogP contribution is -2.32. The van der Waals surface area contributed by atoms with Gasteiger partial charge in [-0.3, -0.25) is 33.2 Å². The highest BCUT2D eigenvalue weighted by Crippen LogP contribution is 2.57. The molecule has 11 nitrogen and oxygen atoms in total. The van der Waals surface area contributed by atoms with Gasteiger partial charge in [0.2, 0.25) is 13.6 Å². The maximum absolute atomic E-state index is 13.1. The highest BCUT2D eigenvalue weighted by atomic mass is 31.2. The van der Waals surface area contributed by atoms with E-state index in [2.05, 4.69) is 0 Å². The maximum Gasteiger partial charge on any atom is 0.349 e. The van der Waals surface area contributed by atoms with E-state index in [1.54, 1.807) is 41.5 Å². The Morgan fingerprint density at radius 1 is 1.04 bits per heavy atom. The number of carbonyl (C=O) groups excluding carboxylic acids is 3. The summed E-state index contributed by atoms with van der Waals surface area (Å²) in [6, 6.07) is 0. The highest BCUT2D eigenvalue weighted by molar-refractivity contribution is 7.55. The highest BCUT2D eigenvalue weighted by Gasteiger charge is 2.51. The Balaban J connectivity index is 2.85. The van der Waals surface area contributed by atoms with Crippen molar-refractivity contribution in [2.45, 2.75) is 59.9 Å². The van der Waals surface area contributed by atoms with Crippen LogP contribution in [0.15, 0.2) is 0 Å². The number of amides is 1. The normalized spacial score (nSPS) is 21.0. The first-order valence-electron chi connectivity index (χ1n) is 8.53. The van der Waals surface area contributed by atoms with Gasteiger partial charge in [-0.25, -0.2) is 0 Å². The lowest BCUT2D eigenvalue weighted by atomic mass is 9.98. The van der Waals surface area contributed by atoms with Crippen molar-refractivity contribution in [3.05, 3.63) is 0 Å². The van der Waals surface area contributed by atoms with E-state index in [0.717, 1.165) is 0 Å². The molecule has 0 aromatic heterocycles. The fraction of sp³-hybridized carbons (Fsp3) is 0.812. The monoisotopic (exact) mass is 425 g/mol. The molecule has 0 saturated carbocycles. The van der Waals surface area contributed by atoms with E-state index in [4.69, 9.17) is 18.5 Å². The molecular weight excluding hydrogens is 397 g/mol. The average Bonchev–Trinajstić information content (AvgIpc) is 2.81. The van der Waals surface area contributed by atoms with Gasteiger partial charge in [0.25, 0.3) is 5.91 Å². The molecule has 1 rings (SSSR count). The molecule has 1 heterocycles. The van der Waals surface area contributed by atoms with E-state index in [0.29, 0.717) is 0 Å². The summed E-state index contributed by atoms with van der Waals surface area (Å²) < 4.78 is 32.9. The predicted octanol–water partition coefficient (Wildman–Crippen LogP) is 1.61. The fourth-order valence-electron chi connectivity index (χ4n) is 1.92. The Labute approximate surface area is 163 Å². The topological polar surface area (TPSA) is 149 Å². The lowest BCUT2D eigenvalue weighted by Gasteiger charge is -2.24. The van der Waals surface area contributed by atoms with E-state index in [1.165, 1.54) is 0 Å². The van der Waals surface area contributed by atoms with Gasteiger partial charge in [0.15, 0.2) is 6.23 Å². The van der Waals surface area contributed by atoms with Crippen molar-refractivity contribution in [3.8, 4) is 0 Å². The minimum Gasteiger partial charge on any atom is -0.438 e. The first kappa shape index (κ1) is 24.5. The molecule has 12 heteroatoms. The van der Waals surface area contributed by atoms with Crippen LogP contribution in [0.3, 0.4) is 0 Å². The lowest BCUT2D eigenvalue weighted by molar-refractivity contribution is -0.189. The summed E-state index contributed by atoms with van der Waals surface area (Å²) in [5.74, 6) is -2.40. The van der Waals surface area contributed by atoms with Gasteiger partial charge in [0, 0.05) is 6.42 Å². The molecule has 0 aliphatic carbocycles. The molecular formula is C16H28NO10P. The van der Waals surface area contributed by atoms with Gasteiger partial charge in [-0.2, -0.15) is 5.06 Å². The van der Waals surface area contributed by atoms with Crippen LogP contribution >= 0.6 is 7.60 Å². The van der Waals surface area contributed by atoms with Crippen molar-refractivity contribution in [2.24, 2.45) is 10.8 Å². The molecule has 162 valence electrons. The Bertz CT molecular complexity index is 615. The molecule has 2 unspecified atom stereocenters. The van der Waals surface area contributed by atoms with Crippen LogP contribution in [0.5, 0.6) is 0 Å². The van der Waals surface area contributed by atoms with Crippen molar-refractivity contribution < 1.29 is 47.8 Å². The summed E-state index contributed by atoms with van der Waals surface area (Å²) in [5, 5.41) is 19.1. The van der Waals surface area contributed by atoms with Gasteiger partial charge in [0.1, 0.15) is 5.66 Å². The van der Waals surface area contributed by atoms with E-state index >= 15 is 0 Å². The SMILES string of the molecule is CC(C)(C)C(=O)OCOP(=O)(OCOC(=O)C(C)(C)C)C1CC(O)N(O)C1=O. The predicted molar refractivity (Wildman–Crippen MR) is 93.6 cm³/mol. The van der Waals surface area contributed by atoms with Crippen molar-refractivity contribution >= 4 is 25.4 Å². The van der Waals surface area contributed by atoms with E-state index in [9.17, 15) is 29.3 Å². The molecule has 1 saturated heterocycles. The smallest absolute Gasteiger partial charge is 0.349 e. The fourth-order valence-corrected chi connectivity index (χ4v) is 3.59. The molecule has 0 bridgehead atoms. The minimum atomic E-state index is -4.38. The van der Waals surface area contributed by atoms with Crippen LogP contribution in [-0.2, 0) is 37.5 Å². The average molecular weight is 425 g/mol. The third-order valence-electron chi connectivity index (χ3n) is 3.68. The number of esters is 2. The Hall–Kier alpha value is -1.52. The molecule has 0 aromatic rings. The Morgan fingerprint density at radius 2 is 1.43 bits per heavy atom. The summed E-state index contributed by atoms with van der Waals surface area (Å²) in [7, 11) is -4.38. The maximum atomic E-state index is 13.1. The second-order valence-electron chi connectivity index (χ2n) is 8.31. The molecule has 1 fully saturated rings. The first-order chi connectivity index (χ1) is 12.6. The number of hydrogen-bond acceptors (Lipinski definition) is 10. The number of aliphatic hydroxyl groups excluding tert-OH is 1.